The van der Waals surface area contributed by atoms with Gasteiger partial charge in [0.1, 0.15) is 5.75 Å². The number of aryl methyl sites for hydroxylation is 1. The standard InChI is InChI=1S/C25H33N3O3/c1-31-23-11-8-22(9-12-23)10-13-25(30)28-17-5-16-27(18-19-28)20-24(29)26-15-14-21-6-3-2-4-7-21/h2-4,6-9,11-12H,5,10,13-20H2,1H3,(H,26,29). The van der Waals surface area contributed by atoms with Crippen LogP contribution in [0, 0.1) is 0 Å². The van der Waals surface area contributed by atoms with Crippen LogP contribution >= 0.6 is 0 Å². The predicted octanol–water partition coefficient (Wildman–Crippen LogP) is 2.52. The first-order valence-corrected chi connectivity index (χ1v) is 11.1. The summed E-state index contributed by atoms with van der Waals surface area (Å²) in [6, 6.07) is 18.0. The van der Waals surface area contributed by atoms with Crippen LogP contribution < -0.4 is 10.1 Å². The second-order valence-electron chi connectivity index (χ2n) is 7.94. The molecule has 6 nitrogen and oxygen atoms in total. The molecule has 0 saturated carbocycles. The van der Waals surface area contributed by atoms with E-state index in [1.807, 2.05) is 47.4 Å². The van der Waals surface area contributed by atoms with Gasteiger partial charge in [0.15, 0.2) is 0 Å². The van der Waals surface area contributed by atoms with Gasteiger partial charge >= 0.3 is 0 Å². The average Bonchev–Trinajstić information content (AvgIpc) is 3.04. The smallest absolute Gasteiger partial charge is 0.234 e. The second-order valence-corrected chi connectivity index (χ2v) is 7.94. The van der Waals surface area contributed by atoms with E-state index in [2.05, 4.69) is 22.3 Å². The summed E-state index contributed by atoms with van der Waals surface area (Å²) >= 11 is 0. The van der Waals surface area contributed by atoms with Crippen molar-refractivity contribution in [1.82, 2.24) is 15.1 Å². The maximum absolute atomic E-state index is 12.7. The van der Waals surface area contributed by atoms with Crippen molar-refractivity contribution >= 4 is 11.8 Å². The van der Waals surface area contributed by atoms with Crippen LogP contribution in [0.4, 0.5) is 0 Å². The largest absolute Gasteiger partial charge is 0.497 e. The normalized spacial score (nSPS) is 14.7. The predicted molar refractivity (Wildman–Crippen MR) is 122 cm³/mol. The van der Waals surface area contributed by atoms with Gasteiger partial charge in [-0.25, -0.2) is 0 Å². The van der Waals surface area contributed by atoms with Crippen LogP contribution in [0.15, 0.2) is 54.6 Å². The molecule has 2 aromatic carbocycles. The Hall–Kier alpha value is -2.86. The minimum atomic E-state index is 0.0511. The number of rotatable bonds is 9. The van der Waals surface area contributed by atoms with Crippen LogP contribution in [0.2, 0.25) is 0 Å². The number of ether oxygens (including phenoxy) is 1. The molecule has 0 aliphatic carbocycles. The number of amides is 2. The van der Waals surface area contributed by atoms with Crippen molar-refractivity contribution in [3.8, 4) is 5.75 Å². The van der Waals surface area contributed by atoms with Gasteiger partial charge in [-0.05, 0) is 42.5 Å². The zero-order valence-corrected chi connectivity index (χ0v) is 18.4. The maximum Gasteiger partial charge on any atom is 0.234 e. The van der Waals surface area contributed by atoms with Crippen LogP contribution in [0.1, 0.15) is 24.0 Å². The van der Waals surface area contributed by atoms with Gasteiger partial charge in [-0.3, -0.25) is 14.5 Å². The monoisotopic (exact) mass is 423 g/mol. The highest BCUT2D eigenvalue weighted by Gasteiger charge is 2.20. The first-order valence-electron chi connectivity index (χ1n) is 11.1. The molecule has 2 amide bonds. The van der Waals surface area contributed by atoms with Crippen LogP contribution in [0.3, 0.4) is 0 Å². The molecule has 1 aliphatic heterocycles. The van der Waals surface area contributed by atoms with Gasteiger partial charge in [0, 0.05) is 39.1 Å². The Kier molecular flexibility index (Phi) is 8.91. The van der Waals surface area contributed by atoms with Gasteiger partial charge in [0.2, 0.25) is 11.8 Å². The van der Waals surface area contributed by atoms with Gasteiger partial charge in [0.25, 0.3) is 0 Å². The molecule has 1 N–H and O–H groups in total. The third-order valence-corrected chi connectivity index (χ3v) is 5.67. The quantitative estimate of drug-likeness (QED) is 0.673. The highest BCUT2D eigenvalue weighted by molar-refractivity contribution is 5.78. The Labute approximate surface area is 185 Å². The van der Waals surface area contributed by atoms with Crippen molar-refractivity contribution in [3.05, 3.63) is 65.7 Å². The fourth-order valence-corrected chi connectivity index (χ4v) is 3.83. The summed E-state index contributed by atoms with van der Waals surface area (Å²) in [5.41, 5.74) is 2.36. The molecule has 3 rings (SSSR count). The minimum Gasteiger partial charge on any atom is -0.497 e. The molecule has 0 unspecified atom stereocenters. The van der Waals surface area contributed by atoms with E-state index in [0.29, 0.717) is 26.1 Å². The third kappa shape index (κ3) is 7.72. The molecule has 1 aliphatic rings. The fourth-order valence-electron chi connectivity index (χ4n) is 3.83. The van der Waals surface area contributed by atoms with Crippen molar-refractivity contribution in [1.29, 1.82) is 0 Å². The summed E-state index contributed by atoms with van der Waals surface area (Å²) in [4.78, 5) is 29.0. The van der Waals surface area contributed by atoms with E-state index in [1.165, 1.54) is 5.56 Å². The summed E-state index contributed by atoms with van der Waals surface area (Å²) in [5, 5.41) is 3.01. The van der Waals surface area contributed by atoms with E-state index < -0.39 is 0 Å². The van der Waals surface area contributed by atoms with Gasteiger partial charge in [-0.2, -0.15) is 0 Å². The number of nitrogens with one attached hydrogen (secondary N) is 1. The van der Waals surface area contributed by atoms with Crippen LogP contribution in [-0.4, -0.2) is 68.0 Å². The zero-order chi connectivity index (χ0) is 21.9. The molecular weight excluding hydrogens is 390 g/mol. The lowest BCUT2D eigenvalue weighted by Crippen LogP contribution is -2.40. The van der Waals surface area contributed by atoms with Crippen molar-refractivity contribution in [3.63, 3.8) is 0 Å². The van der Waals surface area contributed by atoms with Gasteiger partial charge < -0.3 is 15.0 Å². The maximum atomic E-state index is 12.7. The molecule has 0 atom stereocenters. The summed E-state index contributed by atoms with van der Waals surface area (Å²) in [6.07, 6.45) is 2.97. The van der Waals surface area contributed by atoms with Gasteiger partial charge in [-0.1, -0.05) is 42.5 Å². The number of methoxy groups -OCH3 is 1. The lowest BCUT2D eigenvalue weighted by Gasteiger charge is -2.22. The molecule has 31 heavy (non-hydrogen) atoms. The molecule has 1 fully saturated rings. The lowest BCUT2D eigenvalue weighted by molar-refractivity contribution is -0.131. The van der Waals surface area contributed by atoms with E-state index in [0.717, 1.165) is 50.2 Å². The summed E-state index contributed by atoms with van der Waals surface area (Å²) < 4.78 is 5.17. The average molecular weight is 424 g/mol. The summed E-state index contributed by atoms with van der Waals surface area (Å²) in [5.74, 6) is 1.06. The van der Waals surface area contributed by atoms with Crippen molar-refractivity contribution < 1.29 is 14.3 Å². The Balaban J connectivity index is 1.35. The number of carbonyl (C=O) groups excluding carboxylic acids is 2. The minimum absolute atomic E-state index is 0.0511. The molecule has 6 heteroatoms. The van der Waals surface area contributed by atoms with Crippen molar-refractivity contribution in [2.45, 2.75) is 25.7 Å². The van der Waals surface area contributed by atoms with E-state index in [4.69, 9.17) is 4.74 Å². The van der Waals surface area contributed by atoms with E-state index >= 15 is 0 Å². The third-order valence-electron chi connectivity index (χ3n) is 5.67. The SMILES string of the molecule is COc1ccc(CCC(=O)N2CCCN(CC(=O)NCCc3ccccc3)CC2)cc1. The first-order chi connectivity index (χ1) is 15.1. The molecule has 166 valence electrons. The Morgan fingerprint density at radius 3 is 2.39 bits per heavy atom. The van der Waals surface area contributed by atoms with E-state index in [9.17, 15) is 9.59 Å². The Morgan fingerprint density at radius 2 is 1.65 bits per heavy atom. The molecule has 0 spiro atoms. The molecule has 0 aromatic heterocycles. The highest BCUT2D eigenvalue weighted by atomic mass is 16.5. The van der Waals surface area contributed by atoms with Gasteiger partial charge in [-0.15, -0.1) is 0 Å². The molecule has 2 aromatic rings. The molecular formula is C25H33N3O3. The van der Waals surface area contributed by atoms with Gasteiger partial charge in [0.05, 0.1) is 13.7 Å². The molecule has 1 saturated heterocycles. The highest BCUT2D eigenvalue weighted by Crippen LogP contribution is 2.13. The second kappa shape index (κ2) is 12.1. The molecule has 0 radical (unpaired) electrons. The Bertz CT molecular complexity index is 824. The van der Waals surface area contributed by atoms with Crippen LogP contribution in [0.5, 0.6) is 5.75 Å². The van der Waals surface area contributed by atoms with Crippen molar-refractivity contribution in [2.75, 3.05) is 46.4 Å². The van der Waals surface area contributed by atoms with E-state index in [1.54, 1.807) is 7.11 Å². The van der Waals surface area contributed by atoms with Crippen LogP contribution in [-0.2, 0) is 22.4 Å². The number of carbonyl (C=O) groups is 2. The van der Waals surface area contributed by atoms with Crippen molar-refractivity contribution in [2.24, 2.45) is 0 Å². The first kappa shape index (κ1) is 22.8. The summed E-state index contributed by atoms with van der Waals surface area (Å²) in [7, 11) is 1.65. The van der Waals surface area contributed by atoms with Crippen LogP contribution in [0.25, 0.3) is 0 Å². The number of hydrogen-bond donors (Lipinski definition) is 1. The topological polar surface area (TPSA) is 61.9 Å². The number of benzene rings is 2. The molecule has 0 bridgehead atoms. The fraction of sp³-hybridized carbons (Fsp3) is 0.440. The summed E-state index contributed by atoms with van der Waals surface area (Å²) in [6.45, 7) is 4.05. The number of hydrogen-bond acceptors (Lipinski definition) is 4. The number of nitrogens with zero attached hydrogens (tertiary/aromatic N) is 2. The van der Waals surface area contributed by atoms with E-state index in [-0.39, 0.29) is 11.8 Å². The Morgan fingerprint density at radius 1 is 0.903 bits per heavy atom. The zero-order valence-electron chi connectivity index (χ0n) is 18.4. The molecule has 1 heterocycles. The lowest BCUT2D eigenvalue weighted by atomic mass is 10.1.